The molecule has 0 aliphatic heterocycles. The number of anilines is 3. The summed E-state index contributed by atoms with van der Waals surface area (Å²) in [6.45, 7) is 0. The molecule has 9 N–H and O–H groups in total. The molecule has 0 saturated heterocycles. The molecule has 0 amide bonds. The van der Waals surface area contributed by atoms with Crippen molar-refractivity contribution >= 4 is 53.6 Å². The van der Waals surface area contributed by atoms with E-state index in [2.05, 4.69) is 45.6 Å². The van der Waals surface area contributed by atoms with Crippen molar-refractivity contribution in [3.8, 4) is 17.2 Å². The molecule has 1 aromatic carbocycles. The Kier molecular flexibility index (Phi) is 6.53. The van der Waals surface area contributed by atoms with Crippen molar-refractivity contribution < 1.29 is 15.3 Å². The van der Waals surface area contributed by atoms with E-state index in [1.807, 2.05) is 0 Å². The van der Waals surface area contributed by atoms with Crippen LogP contribution in [0.1, 0.15) is 16.7 Å². The minimum absolute atomic E-state index is 0.149. The van der Waals surface area contributed by atoms with E-state index in [4.69, 9.17) is 17.2 Å². The van der Waals surface area contributed by atoms with Crippen molar-refractivity contribution in [2.24, 2.45) is 15.0 Å². The van der Waals surface area contributed by atoms with Crippen molar-refractivity contribution in [2.75, 3.05) is 17.2 Å². The molecule has 4 aromatic rings. The van der Waals surface area contributed by atoms with Crippen molar-refractivity contribution in [1.82, 2.24) is 30.6 Å². The molecule has 0 unspecified atom stereocenters. The summed E-state index contributed by atoms with van der Waals surface area (Å²) in [5.74, 6) is -0.577. The van der Waals surface area contributed by atoms with E-state index in [9.17, 15) is 15.3 Å². The lowest BCUT2D eigenvalue weighted by atomic mass is 10.0. The Labute approximate surface area is 202 Å². The summed E-state index contributed by atoms with van der Waals surface area (Å²) in [6.07, 6.45) is 3.39. The summed E-state index contributed by atoms with van der Waals surface area (Å²) >= 11 is 0. The van der Waals surface area contributed by atoms with Crippen LogP contribution in [0.3, 0.4) is 0 Å². The number of aromatic nitrogens is 6. The van der Waals surface area contributed by atoms with E-state index in [1.165, 1.54) is 36.4 Å². The molecule has 3 heterocycles. The minimum atomic E-state index is -0.534. The molecule has 0 fully saturated rings. The second kappa shape index (κ2) is 10.0. The first-order chi connectivity index (χ1) is 17.3. The molecule has 0 radical (unpaired) electrons. The largest absolute Gasteiger partial charge is 0.506 e. The van der Waals surface area contributed by atoms with Crippen LogP contribution in [0.5, 0.6) is 17.2 Å². The van der Waals surface area contributed by atoms with Gasteiger partial charge >= 0.3 is 0 Å². The van der Waals surface area contributed by atoms with Gasteiger partial charge in [-0.3, -0.25) is 0 Å². The third-order valence-corrected chi connectivity index (χ3v) is 4.52. The summed E-state index contributed by atoms with van der Waals surface area (Å²) in [5.41, 5.74) is 16.1. The van der Waals surface area contributed by atoms with Crippen LogP contribution in [-0.2, 0) is 0 Å². The molecule has 0 atom stereocenters. The first kappa shape index (κ1) is 23.4. The van der Waals surface area contributed by atoms with E-state index in [0.29, 0.717) is 0 Å². The number of nitrogen functional groups attached to an aromatic ring is 3. The number of phenolic OH excluding ortho intramolecular Hbond substituents is 3. The van der Waals surface area contributed by atoms with Gasteiger partial charge in [-0.25, -0.2) is 15.0 Å². The van der Waals surface area contributed by atoms with Gasteiger partial charge in [-0.15, -0.1) is 30.6 Å². The fourth-order valence-corrected chi connectivity index (χ4v) is 2.74. The standard InChI is InChI=1S/C21H18N12O3/c22-13-1-4-16(31-28-13)25-7-10-19(34)11(8-26-17-5-2-14(23)29-32-17)21(36)12(20(10)35)9-27-18-6-3-15(24)30-33-18/h1-9,34-36H,(H2,22,28)(H2,23,29)(H2,24,30). The van der Waals surface area contributed by atoms with Gasteiger partial charge in [0.2, 0.25) is 0 Å². The molecule has 3 aromatic heterocycles. The van der Waals surface area contributed by atoms with Gasteiger partial charge in [0.1, 0.15) is 34.7 Å². The van der Waals surface area contributed by atoms with Crippen molar-refractivity contribution in [3.63, 3.8) is 0 Å². The van der Waals surface area contributed by atoms with Gasteiger partial charge in [-0.05, 0) is 36.4 Å². The molecule has 0 bridgehead atoms. The molecular formula is C21H18N12O3. The Morgan fingerprint density at radius 2 is 0.750 bits per heavy atom. The van der Waals surface area contributed by atoms with Gasteiger partial charge in [0, 0.05) is 18.6 Å². The Morgan fingerprint density at radius 1 is 0.472 bits per heavy atom. The molecular weight excluding hydrogens is 468 g/mol. The smallest absolute Gasteiger partial charge is 0.174 e. The van der Waals surface area contributed by atoms with E-state index < -0.39 is 17.2 Å². The Morgan fingerprint density at radius 3 is 0.972 bits per heavy atom. The third kappa shape index (κ3) is 5.25. The molecule has 0 aliphatic carbocycles. The number of benzene rings is 1. The fraction of sp³-hybridized carbons (Fsp3) is 0. The Balaban J connectivity index is 1.81. The fourth-order valence-electron chi connectivity index (χ4n) is 2.74. The number of phenols is 3. The van der Waals surface area contributed by atoms with Crippen LogP contribution < -0.4 is 17.2 Å². The highest BCUT2D eigenvalue weighted by Crippen LogP contribution is 2.40. The van der Waals surface area contributed by atoms with Crippen LogP contribution in [0.4, 0.5) is 34.9 Å². The monoisotopic (exact) mass is 486 g/mol. The maximum absolute atomic E-state index is 10.8. The third-order valence-electron chi connectivity index (χ3n) is 4.52. The van der Waals surface area contributed by atoms with Crippen molar-refractivity contribution in [1.29, 1.82) is 0 Å². The Bertz CT molecular complexity index is 1270. The lowest BCUT2D eigenvalue weighted by molar-refractivity contribution is 0.425. The predicted molar refractivity (Wildman–Crippen MR) is 133 cm³/mol. The number of nitrogens with zero attached hydrogens (tertiary/aromatic N) is 9. The summed E-state index contributed by atoms with van der Waals surface area (Å²) in [5, 5.41) is 55.0. The van der Waals surface area contributed by atoms with E-state index in [0.717, 1.165) is 18.6 Å². The van der Waals surface area contributed by atoms with E-state index in [-0.39, 0.29) is 51.6 Å². The Hall–Kier alpha value is -5.73. The molecule has 0 aliphatic rings. The van der Waals surface area contributed by atoms with Crippen LogP contribution >= 0.6 is 0 Å². The maximum atomic E-state index is 10.8. The molecule has 0 spiro atoms. The summed E-state index contributed by atoms with van der Waals surface area (Å²) in [4.78, 5) is 12.3. The van der Waals surface area contributed by atoms with Gasteiger partial charge < -0.3 is 32.5 Å². The molecule has 180 valence electrons. The number of aromatic hydroxyl groups is 3. The van der Waals surface area contributed by atoms with Crippen LogP contribution in [0, 0.1) is 0 Å². The molecule has 36 heavy (non-hydrogen) atoms. The van der Waals surface area contributed by atoms with Gasteiger partial charge in [-0.2, -0.15) is 0 Å². The average Bonchev–Trinajstić information content (AvgIpc) is 2.87. The second-order valence-corrected chi connectivity index (χ2v) is 7.01. The van der Waals surface area contributed by atoms with Gasteiger partial charge in [0.05, 0.1) is 16.7 Å². The quantitative estimate of drug-likeness (QED) is 0.210. The number of aliphatic imine (C=N–C) groups is 3. The normalized spacial score (nSPS) is 11.7. The first-order valence-corrected chi connectivity index (χ1v) is 10.0. The molecule has 15 nitrogen and oxygen atoms in total. The zero-order chi connectivity index (χ0) is 25.7. The predicted octanol–water partition coefficient (Wildman–Crippen LogP) is 1.17. The summed E-state index contributed by atoms with van der Waals surface area (Å²) in [6, 6.07) is 8.89. The maximum Gasteiger partial charge on any atom is 0.174 e. The molecule has 0 saturated carbocycles. The highest BCUT2D eigenvalue weighted by Gasteiger charge is 2.21. The van der Waals surface area contributed by atoms with Crippen LogP contribution in [0.25, 0.3) is 0 Å². The van der Waals surface area contributed by atoms with Gasteiger partial charge in [0.25, 0.3) is 0 Å². The van der Waals surface area contributed by atoms with Gasteiger partial charge in [0.15, 0.2) is 17.5 Å². The minimum Gasteiger partial charge on any atom is -0.506 e. The number of hydrogen-bond donors (Lipinski definition) is 6. The number of nitrogens with two attached hydrogens (primary N) is 3. The topological polar surface area (TPSA) is 253 Å². The molecule has 15 heteroatoms. The molecule has 4 rings (SSSR count). The zero-order valence-corrected chi connectivity index (χ0v) is 18.3. The lowest BCUT2D eigenvalue weighted by Gasteiger charge is -2.12. The summed E-state index contributed by atoms with van der Waals surface area (Å²) < 4.78 is 0. The first-order valence-electron chi connectivity index (χ1n) is 10.0. The van der Waals surface area contributed by atoms with Gasteiger partial charge in [-0.1, -0.05) is 0 Å². The summed E-state index contributed by atoms with van der Waals surface area (Å²) in [7, 11) is 0. The van der Waals surface area contributed by atoms with E-state index >= 15 is 0 Å². The lowest BCUT2D eigenvalue weighted by Crippen LogP contribution is -1.98. The highest BCUT2D eigenvalue weighted by molar-refractivity contribution is 6.04. The van der Waals surface area contributed by atoms with Crippen LogP contribution in [0.2, 0.25) is 0 Å². The second-order valence-electron chi connectivity index (χ2n) is 7.01. The van der Waals surface area contributed by atoms with E-state index in [1.54, 1.807) is 0 Å². The number of rotatable bonds is 6. The van der Waals surface area contributed by atoms with Crippen LogP contribution in [-0.4, -0.2) is 64.6 Å². The van der Waals surface area contributed by atoms with Crippen LogP contribution in [0.15, 0.2) is 51.4 Å². The zero-order valence-electron chi connectivity index (χ0n) is 18.3. The highest BCUT2D eigenvalue weighted by atomic mass is 16.3. The van der Waals surface area contributed by atoms with Crippen molar-refractivity contribution in [3.05, 3.63) is 53.1 Å². The number of hydrogen-bond acceptors (Lipinski definition) is 15. The van der Waals surface area contributed by atoms with Crippen molar-refractivity contribution in [2.45, 2.75) is 0 Å². The average molecular weight is 486 g/mol. The SMILES string of the molecule is Nc1ccc(N=Cc2c(O)c(C=Nc3ccc(N)nn3)c(O)c(C=Nc3ccc(N)nn3)c2O)nn1.